The molecule has 0 spiro atoms. The normalized spacial score (nSPS) is 10.6. The summed E-state index contributed by atoms with van der Waals surface area (Å²) < 4.78 is 26.1. The molecule has 0 unspecified atom stereocenters. The molecule has 0 atom stereocenters. The van der Waals surface area contributed by atoms with Crippen LogP contribution in [-0.4, -0.2) is 31.3 Å². The molecule has 1 heterocycles. The lowest BCUT2D eigenvalue weighted by Gasteiger charge is -2.12. The number of halogens is 2. The molecule has 0 aliphatic carbocycles. The molecule has 0 aliphatic rings. The lowest BCUT2D eigenvalue weighted by atomic mass is 10.2. The molecule has 8 nitrogen and oxygen atoms in total. The van der Waals surface area contributed by atoms with E-state index >= 15 is 0 Å². The second-order valence-electron chi connectivity index (χ2n) is 5.39. The molecule has 0 bridgehead atoms. The molecule has 0 saturated heterocycles. The number of nitrogens with two attached hydrogens (primary N) is 1. The highest BCUT2D eigenvalue weighted by Crippen LogP contribution is 2.27. The number of anilines is 2. The zero-order valence-corrected chi connectivity index (χ0v) is 17.5. The minimum absolute atomic E-state index is 0.00542. The smallest absolute Gasteiger partial charge is 0.248 e. The number of benzene rings is 2. The highest BCUT2D eigenvalue weighted by Gasteiger charge is 2.17. The molecule has 2 aromatic carbocycles. The van der Waals surface area contributed by atoms with Gasteiger partial charge in [-0.3, -0.25) is 4.79 Å². The van der Waals surface area contributed by atoms with E-state index in [1.54, 1.807) is 42.5 Å². The minimum Gasteiger partial charge on any atom is -0.366 e. The van der Waals surface area contributed by atoms with E-state index < -0.39 is 10.0 Å². The number of rotatable bonds is 5. The van der Waals surface area contributed by atoms with Gasteiger partial charge in [0.05, 0.1) is 11.9 Å². The molecule has 1 amide bonds. The summed E-state index contributed by atoms with van der Waals surface area (Å²) >= 11 is 11.6. The number of sulfonamides is 1. The highest BCUT2D eigenvalue weighted by atomic mass is 35.5. The van der Waals surface area contributed by atoms with Gasteiger partial charge in [-0.05, 0) is 42.9 Å². The van der Waals surface area contributed by atoms with Crippen LogP contribution >= 0.6 is 23.2 Å². The van der Waals surface area contributed by atoms with Gasteiger partial charge >= 0.3 is 0 Å². The quantitative estimate of drug-likeness (QED) is 0.508. The van der Waals surface area contributed by atoms with Crippen molar-refractivity contribution in [3.05, 3.63) is 76.7 Å². The van der Waals surface area contributed by atoms with Crippen LogP contribution in [0.3, 0.4) is 0 Å². The molecule has 3 aromatic rings. The standard InChI is InChI=1S/C11H10Cl2N4O2S.C7H7NO/c1-14-20(18,19)9-5-3-2-4-8(9)16-10-7(12)6-15-11(13)17-10;8-7(9)6-4-2-1-3-5-6/h2-6,14H,1H3,(H,15,16,17);1-5H,(H2,8,9). The van der Waals surface area contributed by atoms with Crippen molar-refractivity contribution in [2.45, 2.75) is 4.90 Å². The minimum atomic E-state index is -3.60. The summed E-state index contributed by atoms with van der Waals surface area (Å²) in [7, 11) is -2.27. The lowest BCUT2D eigenvalue weighted by Crippen LogP contribution is -2.19. The number of hydrogen-bond acceptors (Lipinski definition) is 6. The van der Waals surface area contributed by atoms with Crippen LogP contribution in [0, 0.1) is 0 Å². The van der Waals surface area contributed by atoms with Gasteiger partial charge in [0.2, 0.25) is 21.2 Å². The Bertz CT molecular complexity index is 1100. The molecule has 11 heteroatoms. The molecule has 29 heavy (non-hydrogen) atoms. The number of amides is 1. The third kappa shape index (κ3) is 6.40. The Morgan fingerprint density at radius 1 is 1.03 bits per heavy atom. The second-order valence-corrected chi connectivity index (χ2v) is 7.99. The average molecular weight is 454 g/mol. The van der Waals surface area contributed by atoms with Gasteiger partial charge in [0, 0.05) is 5.56 Å². The summed E-state index contributed by atoms with van der Waals surface area (Å²) in [5, 5.41) is 3.07. The number of para-hydroxylation sites is 1. The third-order valence-electron chi connectivity index (χ3n) is 3.47. The van der Waals surface area contributed by atoms with Gasteiger partial charge < -0.3 is 11.1 Å². The number of primary amides is 1. The largest absolute Gasteiger partial charge is 0.366 e. The number of carbonyl (C=O) groups excluding carboxylic acids is 1. The van der Waals surface area contributed by atoms with Crippen molar-refractivity contribution < 1.29 is 13.2 Å². The van der Waals surface area contributed by atoms with Crippen LogP contribution in [0.2, 0.25) is 10.3 Å². The number of aromatic nitrogens is 2. The van der Waals surface area contributed by atoms with Gasteiger partial charge in [0.1, 0.15) is 9.92 Å². The SMILES string of the molecule is CNS(=O)(=O)c1ccccc1Nc1nc(Cl)ncc1Cl.NC(=O)c1ccccc1. The maximum absolute atomic E-state index is 11.9. The van der Waals surface area contributed by atoms with Crippen molar-refractivity contribution in [3.8, 4) is 0 Å². The van der Waals surface area contributed by atoms with Crippen molar-refractivity contribution in [3.63, 3.8) is 0 Å². The van der Waals surface area contributed by atoms with Crippen LogP contribution in [0.15, 0.2) is 65.7 Å². The van der Waals surface area contributed by atoms with Crippen LogP contribution in [0.25, 0.3) is 0 Å². The van der Waals surface area contributed by atoms with Gasteiger partial charge in [-0.1, -0.05) is 41.9 Å². The number of nitrogens with zero attached hydrogens (tertiary/aromatic N) is 2. The average Bonchev–Trinajstić information content (AvgIpc) is 2.72. The van der Waals surface area contributed by atoms with E-state index in [9.17, 15) is 13.2 Å². The Morgan fingerprint density at radius 3 is 2.24 bits per heavy atom. The summed E-state index contributed by atoms with van der Waals surface area (Å²) in [4.78, 5) is 18.1. The van der Waals surface area contributed by atoms with Gasteiger partial charge in [0.25, 0.3) is 0 Å². The van der Waals surface area contributed by atoms with E-state index in [4.69, 9.17) is 28.9 Å². The first-order chi connectivity index (χ1) is 13.7. The number of hydrogen-bond donors (Lipinski definition) is 3. The Morgan fingerprint density at radius 2 is 1.66 bits per heavy atom. The van der Waals surface area contributed by atoms with E-state index in [0.29, 0.717) is 11.3 Å². The molecule has 0 fully saturated rings. The lowest BCUT2D eigenvalue weighted by molar-refractivity contribution is 0.100. The molecule has 0 aliphatic heterocycles. The van der Waals surface area contributed by atoms with Crippen molar-refractivity contribution in [1.82, 2.24) is 14.7 Å². The first-order valence-corrected chi connectivity index (χ1v) is 10.3. The van der Waals surface area contributed by atoms with Crippen LogP contribution in [0.4, 0.5) is 11.5 Å². The summed E-state index contributed by atoms with van der Waals surface area (Å²) in [5.74, 6) is -0.152. The van der Waals surface area contributed by atoms with Gasteiger partial charge in [-0.25, -0.2) is 18.1 Å². The fourth-order valence-electron chi connectivity index (χ4n) is 2.08. The molecule has 3 rings (SSSR count). The van der Waals surface area contributed by atoms with Crippen LogP contribution in [0.1, 0.15) is 10.4 Å². The van der Waals surface area contributed by atoms with E-state index in [1.807, 2.05) is 6.07 Å². The number of nitrogens with one attached hydrogen (secondary N) is 2. The van der Waals surface area contributed by atoms with Gasteiger partial charge in [0.15, 0.2) is 5.82 Å². The van der Waals surface area contributed by atoms with Crippen molar-refractivity contribution in [2.24, 2.45) is 5.73 Å². The fourth-order valence-corrected chi connectivity index (χ4v) is 3.24. The zero-order valence-electron chi connectivity index (χ0n) is 15.1. The van der Waals surface area contributed by atoms with Crippen LogP contribution < -0.4 is 15.8 Å². The Labute approximate surface area is 178 Å². The first-order valence-electron chi connectivity index (χ1n) is 8.07. The van der Waals surface area contributed by atoms with Gasteiger partial charge in [-0.2, -0.15) is 4.98 Å². The summed E-state index contributed by atoms with van der Waals surface area (Å²) in [6.45, 7) is 0. The maximum Gasteiger partial charge on any atom is 0.248 e. The Hall–Kier alpha value is -2.72. The topological polar surface area (TPSA) is 127 Å². The second kappa shape index (κ2) is 10.2. The predicted molar refractivity (Wildman–Crippen MR) is 113 cm³/mol. The molecular formula is C18H17Cl2N5O3S. The Kier molecular flexibility index (Phi) is 7.91. The van der Waals surface area contributed by atoms with Gasteiger partial charge in [-0.15, -0.1) is 0 Å². The van der Waals surface area contributed by atoms with E-state index in [1.165, 1.54) is 19.3 Å². The summed E-state index contributed by atoms with van der Waals surface area (Å²) in [6.07, 6.45) is 1.33. The molecule has 0 radical (unpaired) electrons. The molecular weight excluding hydrogens is 437 g/mol. The molecule has 4 N–H and O–H groups in total. The zero-order chi connectivity index (χ0) is 21.4. The summed E-state index contributed by atoms with van der Waals surface area (Å²) in [6, 6.07) is 15.1. The van der Waals surface area contributed by atoms with E-state index in [-0.39, 0.29) is 26.9 Å². The van der Waals surface area contributed by atoms with Crippen molar-refractivity contribution >= 4 is 50.6 Å². The Balaban J connectivity index is 0.000000278. The fraction of sp³-hybridized carbons (Fsp3) is 0.0556. The maximum atomic E-state index is 11.9. The number of carbonyl (C=O) groups is 1. The molecule has 152 valence electrons. The van der Waals surface area contributed by atoms with Crippen molar-refractivity contribution in [2.75, 3.05) is 12.4 Å². The monoisotopic (exact) mass is 453 g/mol. The predicted octanol–water partition coefficient (Wildman–Crippen LogP) is 3.22. The molecule has 0 saturated carbocycles. The third-order valence-corrected chi connectivity index (χ3v) is 5.40. The van der Waals surface area contributed by atoms with E-state index in [2.05, 4.69) is 20.0 Å². The van der Waals surface area contributed by atoms with E-state index in [0.717, 1.165) is 0 Å². The van der Waals surface area contributed by atoms with Crippen LogP contribution in [-0.2, 0) is 10.0 Å². The van der Waals surface area contributed by atoms with Crippen molar-refractivity contribution in [1.29, 1.82) is 0 Å². The van der Waals surface area contributed by atoms with Crippen LogP contribution in [0.5, 0.6) is 0 Å². The first kappa shape index (κ1) is 22.6. The summed E-state index contributed by atoms with van der Waals surface area (Å²) in [5.41, 5.74) is 5.86. The molecule has 1 aromatic heterocycles. The highest BCUT2D eigenvalue weighted by molar-refractivity contribution is 7.89.